The molecule has 1 aliphatic rings. The summed E-state index contributed by atoms with van der Waals surface area (Å²) in [6.07, 6.45) is 4.62. The van der Waals surface area contributed by atoms with Gasteiger partial charge in [-0.3, -0.25) is 4.79 Å². The number of rotatable bonds is 4. The number of alkyl halides is 1. The third-order valence-electron chi connectivity index (χ3n) is 2.54. The molecule has 3 unspecified atom stereocenters. The van der Waals surface area contributed by atoms with Crippen LogP contribution in [-0.2, 0) is 9.53 Å². The van der Waals surface area contributed by atoms with E-state index < -0.39 is 5.60 Å². The molecule has 1 heterocycles. The van der Waals surface area contributed by atoms with E-state index in [1.54, 1.807) is 6.92 Å². The minimum atomic E-state index is -0.438. The molecule has 0 aromatic carbocycles. The third kappa shape index (κ3) is 2.12. The summed E-state index contributed by atoms with van der Waals surface area (Å²) >= 11 is 5.81. The summed E-state index contributed by atoms with van der Waals surface area (Å²) in [7, 11) is 0. The number of hydrogen-bond acceptors (Lipinski definition) is 2. The van der Waals surface area contributed by atoms with Gasteiger partial charge in [0.05, 0.1) is 5.92 Å². The SMILES string of the molecule is C/C=C\CC(C(C)=O)C1(C)OC1Cl. The molecule has 1 saturated heterocycles. The zero-order chi connectivity index (χ0) is 10.1. The first kappa shape index (κ1) is 10.7. The summed E-state index contributed by atoms with van der Waals surface area (Å²) in [4.78, 5) is 11.3. The van der Waals surface area contributed by atoms with Gasteiger partial charge in [0.1, 0.15) is 11.4 Å². The Balaban J connectivity index is 2.64. The Morgan fingerprint density at radius 3 is 2.62 bits per heavy atom. The molecule has 0 radical (unpaired) electrons. The van der Waals surface area contributed by atoms with Gasteiger partial charge in [0.15, 0.2) is 5.56 Å². The predicted octanol–water partition coefficient (Wildman–Crippen LogP) is 2.51. The van der Waals surface area contributed by atoms with Crippen LogP contribution in [0.15, 0.2) is 12.2 Å². The van der Waals surface area contributed by atoms with Gasteiger partial charge in [0, 0.05) is 0 Å². The lowest BCUT2D eigenvalue weighted by atomic mass is 9.88. The second-order valence-electron chi connectivity index (χ2n) is 3.59. The highest BCUT2D eigenvalue weighted by atomic mass is 35.5. The molecule has 3 heteroatoms. The zero-order valence-corrected chi connectivity index (χ0v) is 8.97. The number of halogens is 1. The number of Topliss-reactive ketones (excluding diaryl/α,β-unsaturated/α-hetero) is 1. The normalized spacial score (nSPS) is 34.9. The molecular weight excluding hydrogens is 188 g/mol. The van der Waals surface area contributed by atoms with Gasteiger partial charge in [-0.25, -0.2) is 0 Å². The van der Waals surface area contributed by atoms with E-state index in [-0.39, 0.29) is 17.3 Å². The topological polar surface area (TPSA) is 29.6 Å². The number of ketones is 1. The predicted molar refractivity (Wildman–Crippen MR) is 52.7 cm³/mol. The quantitative estimate of drug-likeness (QED) is 0.398. The molecule has 0 N–H and O–H groups in total. The van der Waals surface area contributed by atoms with Gasteiger partial charge >= 0.3 is 0 Å². The molecule has 13 heavy (non-hydrogen) atoms. The molecule has 0 aromatic rings. The van der Waals surface area contributed by atoms with E-state index in [0.717, 1.165) is 0 Å². The number of allylic oxidation sites excluding steroid dienone is 2. The highest BCUT2D eigenvalue weighted by molar-refractivity contribution is 6.22. The highest BCUT2D eigenvalue weighted by Crippen LogP contribution is 2.46. The Bertz CT molecular complexity index is 237. The molecule has 1 aliphatic heterocycles. The van der Waals surface area contributed by atoms with Gasteiger partial charge < -0.3 is 4.74 Å². The van der Waals surface area contributed by atoms with Crippen molar-refractivity contribution < 1.29 is 9.53 Å². The van der Waals surface area contributed by atoms with Gasteiger partial charge in [-0.05, 0) is 27.2 Å². The smallest absolute Gasteiger partial charge is 0.161 e. The van der Waals surface area contributed by atoms with E-state index in [4.69, 9.17) is 16.3 Å². The van der Waals surface area contributed by atoms with Crippen LogP contribution in [0.3, 0.4) is 0 Å². The fraction of sp³-hybridized carbons (Fsp3) is 0.700. The highest BCUT2D eigenvalue weighted by Gasteiger charge is 2.57. The zero-order valence-electron chi connectivity index (χ0n) is 8.21. The lowest BCUT2D eigenvalue weighted by molar-refractivity contribution is -0.122. The average molecular weight is 203 g/mol. The van der Waals surface area contributed by atoms with E-state index in [2.05, 4.69) is 0 Å². The van der Waals surface area contributed by atoms with Crippen molar-refractivity contribution in [2.45, 2.75) is 38.4 Å². The van der Waals surface area contributed by atoms with Gasteiger partial charge in [-0.1, -0.05) is 23.8 Å². The van der Waals surface area contributed by atoms with Crippen molar-refractivity contribution in [1.82, 2.24) is 0 Å². The number of carbonyl (C=O) groups is 1. The Labute approximate surface area is 83.9 Å². The van der Waals surface area contributed by atoms with Crippen LogP contribution in [0.4, 0.5) is 0 Å². The molecule has 0 amide bonds. The van der Waals surface area contributed by atoms with Crippen LogP contribution in [0.2, 0.25) is 0 Å². The van der Waals surface area contributed by atoms with Crippen molar-refractivity contribution in [3.05, 3.63) is 12.2 Å². The summed E-state index contributed by atoms with van der Waals surface area (Å²) in [6, 6.07) is 0. The minimum absolute atomic E-state index is 0.105. The summed E-state index contributed by atoms with van der Waals surface area (Å²) < 4.78 is 5.24. The van der Waals surface area contributed by atoms with Crippen LogP contribution in [-0.4, -0.2) is 16.9 Å². The number of hydrogen-bond donors (Lipinski definition) is 0. The Hall–Kier alpha value is -0.340. The van der Waals surface area contributed by atoms with Crippen LogP contribution < -0.4 is 0 Å². The largest absolute Gasteiger partial charge is 0.348 e. The summed E-state index contributed by atoms with van der Waals surface area (Å²) in [5, 5.41) is 0. The molecule has 3 atom stereocenters. The van der Waals surface area contributed by atoms with Crippen molar-refractivity contribution in [3.8, 4) is 0 Å². The summed E-state index contributed by atoms with van der Waals surface area (Å²) in [5.74, 6) is 0.0370. The van der Waals surface area contributed by atoms with Crippen molar-refractivity contribution in [3.63, 3.8) is 0 Å². The summed E-state index contributed by atoms with van der Waals surface area (Å²) in [5.41, 5.74) is -0.737. The van der Waals surface area contributed by atoms with Gasteiger partial charge in [0.2, 0.25) is 0 Å². The van der Waals surface area contributed by atoms with E-state index in [1.807, 2.05) is 26.0 Å². The fourth-order valence-electron chi connectivity index (χ4n) is 1.50. The van der Waals surface area contributed by atoms with Crippen LogP contribution in [0, 0.1) is 5.92 Å². The van der Waals surface area contributed by atoms with E-state index in [1.165, 1.54) is 0 Å². The maximum atomic E-state index is 11.3. The first-order valence-electron chi connectivity index (χ1n) is 4.46. The van der Waals surface area contributed by atoms with Crippen LogP contribution in [0.25, 0.3) is 0 Å². The second-order valence-corrected chi connectivity index (χ2v) is 3.98. The Kier molecular flexibility index (Phi) is 3.14. The minimum Gasteiger partial charge on any atom is -0.348 e. The third-order valence-corrected chi connectivity index (χ3v) is 3.06. The first-order chi connectivity index (χ1) is 6.02. The van der Waals surface area contributed by atoms with Gasteiger partial charge in [0.25, 0.3) is 0 Å². The Morgan fingerprint density at radius 2 is 2.31 bits per heavy atom. The number of ether oxygens (including phenoxy) is 1. The molecule has 0 aliphatic carbocycles. The molecule has 0 bridgehead atoms. The molecule has 2 nitrogen and oxygen atoms in total. The van der Waals surface area contributed by atoms with E-state index in [0.29, 0.717) is 6.42 Å². The lowest BCUT2D eigenvalue weighted by Crippen LogP contribution is -2.28. The Morgan fingerprint density at radius 1 is 1.77 bits per heavy atom. The maximum absolute atomic E-state index is 11.3. The fourth-order valence-corrected chi connectivity index (χ4v) is 1.85. The molecule has 1 rings (SSSR count). The van der Waals surface area contributed by atoms with Crippen LogP contribution in [0.1, 0.15) is 27.2 Å². The molecule has 0 spiro atoms. The molecule has 0 saturated carbocycles. The molecular formula is C10H15ClO2. The lowest BCUT2D eigenvalue weighted by Gasteiger charge is -2.15. The summed E-state index contributed by atoms with van der Waals surface area (Å²) in [6.45, 7) is 5.41. The first-order valence-corrected chi connectivity index (χ1v) is 4.89. The van der Waals surface area contributed by atoms with Crippen molar-refractivity contribution in [2.24, 2.45) is 5.92 Å². The van der Waals surface area contributed by atoms with Crippen LogP contribution >= 0.6 is 11.6 Å². The van der Waals surface area contributed by atoms with Crippen molar-refractivity contribution >= 4 is 17.4 Å². The second kappa shape index (κ2) is 3.81. The molecule has 74 valence electrons. The van der Waals surface area contributed by atoms with E-state index in [9.17, 15) is 4.79 Å². The van der Waals surface area contributed by atoms with Crippen LogP contribution in [0.5, 0.6) is 0 Å². The van der Waals surface area contributed by atoms with Gasteiger partial charge in [-0.15, -0.1) is 0 Å². The van der Waals surface area contributed by atoms with Crippen molar-refractivity contribution in [2.75, 3.05) is 0 Å². The average Bonchev–Trinajstić information content (AvgIpc) is 2.60. The van der Waals surface area contributed by atoms with Crippen molar-refractivity contribution in [1.29, 1.82) is 0 Å². The number of epoxide rings is 1. The van der Waals surface area contributed by atoms with E-state index >= 15 is 0 Å². The molecule has 1 fully saturated rings. The molecule has 0 aromatic heterocycles. The maximum Gasteiger partial charge on any atom is 0.161 e. The monoisotopic (exact) mass is 202 g/mol. The standard InChI is InChI=1S/C10H15ClO2/c1-4-5-6-8(7(2)12)10(3)9(11)13-10/h4-5,8-9H,6H2,1-3H3/b5-4-. The van der Waals surface area contributed by atoms with Gasteiger partial charge in [-0.2, -0.15) is 0 Å². The number of carbonyl (C=O) groups excluding carboxylic acids is 1.